The summed E-state index contributed by atoms with van der Waals surface area (Å²) in [5, 5.41) is 25.2. The van der Waals surface area contributed by atoms with Crippen LogP contribution in [-0.2, 0) is 4.79 Å². The Balaban J connectivity index is 1.63. The number of aliphatic hydroxyl groups excluding tert-OH is 1. The number of phenols is 1. The molecule has 0 saturated carbocycles. The van der Waals surface area contributed by atoms with E-state index in [0.29, 0.717) is 36.9 Å². The molecule has 9 nitrogen and oxygen atoms in total. The average molecular weight is 403 g/mol. The maximum absolute atomic E-state index is 11.2. The lowest BCUT2D eigenvalue weighted by Crippen LogP contribution is -2.33. The van der Waals surface area contributed by atoms with E-state index >= 15 is 0 Å². The Bertz CT molecular complexity index is 825. The quantitative estimate of drug-likeness (QED) is 0.350. The second-order valence-electron chi connectivity index (χ2n) is 6.27. The summed E-state index contributed by atoms with van der Waals surface area (Å²) in [7, 11) is 0. The molecule has 0 aromatic heterocycles. The zero-order valence-corrected chi connectivity index (χ0v) is 16.1. The van der Waals surface area contributed by atoms with Gasteiger partial charge in [-0.1, -0.05) is 0 Å². The number of aromatic hydroxyl groups is 1. The number of hydrogen-bond donors (Lipinski definition) is 5. The number of primary amides is 1. The predicted octanol–water partition coefficient (Wildman–Crippen LogP) is 0.858. The zero-order valence-electron chi connectivity index (χ0n) is 16.1. The number of amides is 2. The molecule has 2 aromatic carbocycles. The van der Waals surface area contributed by atoms with Crippen LogP contribution in [0.25, 0.3) is 0 Å². The van der Waals surface area contributed by atoms with E-state index < -0.39 is 12.0 Å². The summed E-state index contributed by atoms with van der Waals surface area (Å²) in [5.41, 5.74) is 5.83. The summed E-state index contributed by atoms with van der Waals surface area (Å²) in [6.07, 6.45) is -0.722. The molecule has 1 atom stereocenters. The van der Waals surface area contributed by atoms with Gasteiger partial charge in [0.1, 0.15) is 36.6 Å². The van der Waals surface area contributed by atoms with Crippen LogP contribution in [0.3, 0.4) is 0 Å². The van der Waals surface area contributed by atoms with Gasteiger partial charge in [-0.3, -0.25) is 9.59 Å². The van der Waals surface area contributed by atoms with Crippen molar-refractivity contribution in [1.82, 2.24) is 5.32 Å². The van der Waals surface area contributed by atoms with Crippen LogP contribution in [0.5, 0.6) is 17.2 Å². The average Bonchev–Trinajstić information content (AvgIpc) is 2.67. The van der Waals surface area contributed by atoms with Gasteiger partial charge in [0.05, 0.1) is 5.56 Å². The molecule has 0 fully saturated rings. The van der Waals surface area contributed by atoms with Crippen molar-refractivity contribution in [3.05, 3.63) is 48.0 Å². The lowest BCUT2D eigenvalue weighted by molar-refractivity contribution is -0.114. The molecule has 0 saturated heterocycles. The third-order valence-corrected chi connectivity index (χ3v) is 3.78. The van der Waals surface area contributed by atoms with Gasteiger partial charge in [0.15, 0.2) is 0 Å². The molecule has 2 aromatic rings. The monoisotopic (exact) mass is 403 g/mol. The second kappa shape index (κ2) is 10.9. The molecule has 29 heavy (non-hydrogen) atoms. The summed E-state index contributed by atoms with van der Waals surface area (Å²) >= 11 is 0. The summed E-state index contributed by atoms with van der Waals surface area (Å²) in [6.45, 7) is 2.58. The molecule has 9 heteroatoms. The largest absolute Gasteiger partial charge is 0.507 e. The maximum atomic E-state index is 11.2. The number of carbonyl (C=O) groups excluding carboxylic acids is 2. The Hall–Kier alpha value is -3.30. The first-order chi connectivity index (χ1) is 13.8. The Morgan fingerprint density at radius 1 is 1.10 bits per heavy atom. The Morgan fingerprint density at radius 2 is 1.79 bits per heavy atom. The van der Waals surface area contributed by atoms with E-state index in [9.17, 15) is 19.8 Å². The van der Waals surface area contributed by atoms with E-state index in [2.05, 4.69) is 10.6 Å². The van der Waals surface area contributed by atoms with Gasteiger partial charge in [-0.25, -0.2) is 0 Å². The highest BCUT2D eigenvalue weighted by molar-refractivity contribution is 5.95. The highest BCUT2D eigenvalue weighted by Gasteiger charge is 2.09. The van der Waals surface area contributed by atoms with Crippen molar-refractivity contribution in [3.63, 3.8) is 0 Å². The van der Waals surface area contributed by atoms with Crippen molar-refractivity contribution in [3.8, 4) is 17.2 Å². The minimum atomic E-state index is -0.737. The minimum Gasteiger partial charge on any atom is -0.507 e. The molecule has 0 bridgehead atoms. The fourth-order valence-electron chi connectivity index (χ4n) is 2.40. The fourth-order valence-corrected chi connectivity index (χ4v) is 2.40. The summed E-state index contributed by atoms with van der Waals surface area (Å²) in [5.74, 6) is -0.0956. The van der Waals surface area contributed by atoms with Gasteiger partial charge >= 0.3 is 0 Å². The van der Waals surface area contributed by atoms with E-state index in [-0.39, 0.29) is 23.8 Å². The third-order valence-electron chi connectivity index (χ3n) is 3.78. The fraction of sp³-hybridized carbons (Fsp3) is 0.300. The Kier molecular flexibility index (Phi) is 8.26. The van der Waals surface area contributed by atoms with Crippen LogP contribution in [0.1, 0.15) is 17.3 Å². The molecule has 1 unspecified atom stereocenters. The molecule has 0 radical (unpaired) electrons. The molecule has 0 aliphatic rings. The molecule has 0 spiro atoms. The second-order valence-corrected chi connectivity index (χ2v) is 6.27. The normalized spacial score (nSPS) is 11.5. The number of nitrogens with two attached hydrogens (primary N) is 1. The molecule has 2 amide bonds. The van der Waals surface area contributed by atoms with Crippen LogP contribution in [-0.4, -0.2) is 54.4 Å². The van der Waals surface area contributed by atoms with Gasteiger partial charge in [-0.15, -0.1) is 0 Å². The first-order valence-corrected chi connectivity index (χ1v) is 9.00. The van der Waals surface area contributed by atoms with Crippen molar-refractivity contribution >= 4 is 17.5 Å². The van der Waals surface area contributed by atoms with Gasteiger partial charge in [-0.05, 0) is 42.5 Å². The Labute approximate surface area is 168 Å². The molecule has 6 N–H and O–H groups in total. The van der Waals surface area contributed by atoms with E-state index in [0.717, 1.165) is 0 Å². The first-order valence-electron chi connectivity index (χ1n) is 9.00. The van der Waals surface area contributed by atoms with Crippen molar-refractivity contribution in [2.45, 2.75) is 13.0 Å². The highest BCUT2D eigenvalue weighted by Crippen LogP contribution is 2.22. The van der Waals surface area contributed by atoms with Gasteiger partial charge in [-0.2, -0.15) is 0 Å². The smallest absolute Gasteiger partial charge is 0.252 e. The minimum absolute atomic E-state index is 0.00635. The summed E-state index contributed by atoms with van der Waals surface area (Å²) in [4.78, 5) is 22.2. The predicted molar refractivity (Wildman–Crippen MR) is 107 cm³/mol. The summed E-state index contributed by atoms with van der Waals surface area (Å²) in [6, 6.07) is 11.1. The van der Waals surface area contributed by atoms with Crippen LogP contribution in [0.2, 0.25) is 0 Å². The zero-order chi connectivity index (χ0) is 21.2. The molecule has 0 aliphatic carbocycles. The number of anilines is 1. The highest BCUT2D eigenvalue weighted by atomic mass is 16.5. The van der Waals surface area contributed by atoms with Crippen LogP contribution >= 0.6 is 0 Å². The van der Waals surface area contributed by atoms with Gasteiger partial charge in [0.2, 0.25) is 5.91 Å². The number of rotatable bonds is 11. The first kappa shape index (κ1) is 22.0. The lowest BCUT2D eigenvalue weighted by Gasteiger charge is -2.14. The number of carbonyl (C=O) groups is 2. The molecule has 156 valence electrons. The summed E-state index contributed by atoms with van der Waals surface area (Å²) < 4.78 is 11.0. The topological polar surface area (TPSA) is 143 Å². The Morgan fingerprint density at radius 3 is 2.45 bits per heavy atom. The SMILES string of the molecule is CC(=O)Nc1ccc(OCC(O)CNCCOc2ccc(O)c(C(N)=O)c2)cc1. The van der Waals surface area contributed by atoms with Crippen molar-refractivity contribution in [1.29, 1.82) is 0 Å². The number of ether oxygens (including phenoxy) is 2. The lowest BCUT2D eigenvalue weighted by atomic mass is 10.2. The number of hydrogen-bond acceptors (Lipinski definition) is 7. The third kappa shape index (κ3) is 7.68. The van der Waals surface area contributed by atoms with E-state index in [1.54, 1.807) is 24.3 Å². The molecular formula is C20H25N3O6. The standard InChI is InChI=1S/C20H25N3O6/c1-13(24)23-14-2-4-16(5-3-14)29-12-15(25)11-22-8-9-28-17-6-7-19(26)18(10-17)20(21)27/h2-7,10,15,22,25-26H,8-9,11-12H2,1H3,(H2,21,27)(H,23,24). The van der Waals surface area contributed by atoms with Gasteiger partial charge in [0.25, 0.3) is 5.91 Å². The van der Waals surface area contributed by atoms with E-state index in [1.807, 2.05) is 0 Å². The van der Waals surface area contributed by atoms with Crippen molar-refractivity contribution in [2.75, 3.05) is 31.6 Å². The maximum Gasteiger partial charge on any atom is 0.252 e. The number of aliphatic hydroxyl groups is 1. The van der Waals surface area contributed by atoms with Crippen molar-refractivity contribution in [2.24, 2.45) is 5.73 Å². The molecule has 2 rings (SSSR count). The number of benzene rings is 2. The van der Waals surface area contributed by atoms with Crippen LogP contribution < -0.4 is 25.8 Å². The van der Waals surface area contributed by atoms with E-state index in [1.165, 1.54) is 25.1 Å². The molecule has 0 heterocycles. The van der Waals surface area contributed by atoms with Crippen LogP contribution in [0.4, 0.5) is 5.69 Å². The van der Waals surface area contributed by atoms with Gasteiger partial charge < -0.3 is 36.1 Å². The van der Waals surface area contributed by atoms with Crippen molar-refractivity contribution < 1.29 is 29.3 Å². The van der Waals surface area contributed by atoms with E-state index in [4.69, 9.17) is 15.2 Å². The number of nitrogens with one attached hydrogen (secondary N) is 2. The van der Waals surface area contributed by atoms with Gasteiger partial charge in [0, 0.05) is 25.7 Å². The molecular weight excluding hydrogens is 378 g/mol. The van der Waals surface area contributed by atoms with Crippen LogP contribution in [0.15, 0.2) is 42.5 Å². The molecule has 0 aliphatic heterocycles. The van der Waals surface area contributed by atoms with Crippen LogP contribution in [0, 0.1) is 0 Å².